The quantitative estimate of drug-likeness (QED) is 0.123. The van der Waals surface area contributed by atoms with Crippen molar-refractivity contribution in [1.29, 1.82) is 0 Å². The largest absolute Gasteiger partial charge is 0.497 e. The SMILES string of the molecule is COc1ccc(-c2c(-c3ccc(S(N)(=O)=O)cc3)nn(CCN(C)C)c2C(F)(F)F)cc1.Cn1nc(NS(=O)(=O)c2ccccc2)c(-c2ccc(Cl)cc2Cl)c1C(F)(F)F. The highest BCUT2D eigenvalue weighted by molar-refractivity contribution is 7.92. The number of aryl methyl sites for hydroxylation is 1. The number of hydrogen-bond acceptors (Lipinski definition) is 8. The first-order chi connectivity index (χ1) is 27.9. The third kappa shape index (κ3) is 10.6. The van der Waals surface area contributed by atoms with Crippen LogP contribution in [0.1, 0.15) is 11.4 Å². The summed E-state index contributed by atoms with van der Waals surface area (Å²) < 4.78 is 141. The number of rotatable bonds is 11. The summed E-state index contributed by atoms with van der Waals surface area (Å²) in [6.07, 6.45) is -9.48. The van der Waals surface area contributed by atoms with E-state index in [2.05, 4.69) is 14.9 Å². The van der Waals surface area contributed by atoms with Gasteiger partial charge in [-0.1, -0.05) is 71.7 Å². The zero-order valence-electron chi connectivity index (χ0n) is 31.8. The third-order valence-corrected chi connectivity index (χ3v) is 11.4. The highest BCUT2D eigenvalue weighted by Crippen LogP contribution is 2.45. The summed E-state index contributed by atoms with van der Waals surface area (Å²) in [5, 5.41) is 13.3. The molecule has 4 aromatic carbocycles. The predicted octanol–water partition coefficient (Wildman–Crippen LogP) is 8.67. The number of nitrogens with one attached hydrogen (secondary N) is 1. The van der Waals surface area contributed by atoms with Crippen molar-refractivity contribution < 1.29 is 47.9 Å². The van der Waals surface area contributed by atoms with E-state index in [1.54, 1.807) is 37.2 Å². The fraction of sp³-hybridized carbons (Fsp3) is 0.211. The van der Waals surface area contributed by atoms with Gasteiger partial charge >= 0.3 is 12.4 Å². The van der Waals surface area contributed by atoms with Gasteiger partial charge in [-0.25, -0.2) is 22.0 Å². The molecule has 2 heterocycles. The van der Waals surface area contributed by atoms with E-state index in [4.69, 9.17) is 33.1 Å². The number of aromatic nitrogens is 4. The van der Waals surface area contributed by atoms with Crippen molar-refractivity contribution in [3.8, 4) is 39.3 Å². The Kier molecular flexibility index (Phi) is 13.7. The number of benzene rings is 4. The molecule has 6 rings (SSSR count). The zero-order chi connectivity index (χ0) is 44.4. The van der Waals surface area contributed by atoms with Crippen LogP contribution in [0.25, 0.3) is 33.5 Å². The Labute approximate surface area is 351 Å². The second kappa shape index (κ2) is 17.8. The summed E-state index contributed by atoms with van der Waals surface area (Å²) in [5.74, 6) is 0.00395. The van der Waals surface area contributed by atoms with E-state index in [1.165, 1.54) is 86.0 Å². The van der Waals surface area contributed by atoms with Gasteiger partial charge in [0.2, 0.25) is 10.0 Å². The predicted molar refractivity (Wildman–Crippen MR) is 215 cm³/mol. The molecule has 0 amide bonds. The molecule has 0 saturated heterocycles. The molecule has 0 atom stereocenters. The molecule has 0 aliphatic carbocycles. The summed E-state index contributed by atoms with van der Waals surface area (Å²) in [5.41, 5.74) is -1.95. The zero-order valence-corrected chi connectivity index (χ0v) is 35.0. The highest BCUT2D eigenvalue weighted by atomic mass is 35.5. The molecule has 0 unspecified atom stereocenters. The summed E-state index contributed by atoms with van der Waals surface area (Å²) in [7, 11) is -2.07. The number of alkyl halides is 6. The van der Waals surface area contributed by atoms with Crippen molar-refractivity contribution in [2.75, 3.05) is 32.5 Å². The molecule has 0 spiro atoms. The van der Waals surface area contributed by atoms with Crippen LogP contribution in [0.5, 0.6) is 5.75 Å². The molecule has 0 fully saturated rings. The van der Waals surface area contributed by atoms with Crippen LogP contribution in [0.2, 0.25) is 10.0 Å². The summed E-state index contributed by atoms with van der Waals surface area (Å²) in [4.78, 5) is 1.49. The topological polar surface area (TPSA) is 154 Å². The smallest absolute Gasteiger partial charge is 0.433 e. The summed E-state index contributed by atoms with van der Waals surface area (Å²) in [6.45, 7) is 0.358. The van der Waals surface area contributed by atoms with E-state index in [1.807, 2.05) is 0 Å². The van der Waals surface area contributed by atoms with Crippen LogP contribution in [0, 0.1) is 0 Å². The van der Waals surface area contributed by atoms with Crippen LogP contribution in [0.3, 0.4) is 0 Å². The highest BCUT2D eigenvalue weighted by Gasteiger charge is 2.42. The number of sulfonamides is 2. The first-order valence-electron chi connectivity index (χ1n) is 17.2. The Bertz CT molecular complexity index is 2690. The average Bonchev–Trinajstić information content (AvgIpc) is 3.72. The van der Waals surface area contributed by atoms with Gasteiger partial charge in [0, 0.05) is 35.3 Å². The van der Waals surface area contributed by atoms with Crippen LogP contribution in [0.4, 0.5) is 32.2 Å². The summed E-state index contributed by atoms with van der Waals surface area (Å²) >= 11 is 11.9. The van der Waals surface area contributed by atoms with E-state index in [9.17, 15) is 43.2 Å². The van der Waals surface area contributed by atoms with Crippen molar-refractivity contribution in [3.05, 3.63) is 118 Å². The lowest BCUT2D eigenvalue weighted by Crippen LogP contribution is -2.23. The molecule has 0 radical (unpaired) electrons. The van der Waals surface area contributed by atoms with E-state index >= 15 is 0 Å². The molecule has 320 valence electrons. The number of methoxy groups -OCH3 is 1. The number of nitrogens with two attached hydrogens (primary N) is 1. The van der Waals surface area contributed by atoms with Crippen molar-refractivity contribution in [2.45, 2.75) is 28.7 Å². The lowest BCUT2D eigenvalue weighted by Gasteiger charge is -2.15. The standard InChI is InChI=1S/C21H23F3N4O3S.C17H12Cl2F3N3O2S/c1-27(2)12-13-28-20(21(22,23)24)18(14-4-8-16(31-3)9-5-14)19(26-28)15-6-10-17(11-7-15)32(25,29)30;1-25-15(17(20,21)22)14(12-8-7-10(18)9-13(12)19)16(23-25)24-28(26,27)11-5-3-2-4-6-11/h4-11H,12-13H2,1-3H3,(H2,25,29,30);2-9H,1H3,(H,23,24). The van der Waals surface area contributed by atoms with E-state index < -0.39 is 55.2 Å². The molecule has 12 nitrogen and oxygen atoms in total. The van der Waals surface area contributed by atoms with Crippen molar-refractivity contribution in [3.63, 3.8) is 0 Å². The number of halogens is 8. The average molecular weight is 919 g/mol. The van der Waals surface area contributed by atoms with Crippen LogP contribution in [-0.2, 0) is 46.0 Å². The lowest BCUT2D eigenvalue weighted by molar-refractivity contribution is -0.144. The Morgan fingerprint density at radius 3 is 1.87 bits per heavy atom. The van der Waals surface area contributed by atoms with E-state index in [-0.39, 0.29) is 43.2 Å². The third-order valence-electron chi connectivity index (χ3n) is 8.62. The fourth-order valence-corrected chi connectivity index (χ4v) is 7.95. The Morgan fingerprint density at radius 1 is 0.767 bits per heavy atom. The van der Waals surface area contributed by atoms with Crippen molar-refractivity contribution in [1.82, 2.24) is 24.5 Å². The molecule has 22 heteroatoms. The molecular weight excluding hydrogens is 883 g/mol. The van der Waals surface area contributed by atoms with Crippen LogP contribution in [-0.4, -0.2) is 69.0 Å². The van der Waals surface area contributed by atoms with E-state index in [0.29, 0.717) is 28.1 Å². The molecule has 2 aromatic heterocycles. The maximum absolute atomic E-state index is 14.2. The molecule has 0 aliphatic heterocycles. The number of likely N-dealkylation sites (N-methyl/N-ethyl adjacent to an activating group) is 1. The number of nitrogens with zero attached hydrogens (tertiary/aromatic N) is 5. The Hall–Kier alpha value is -5.12. The molecule has 0 aliphatic rings. The number of ether oxygens (including phenoxy) is 1. The normalized spacial score (nSPS) is 12.3. The maximum atomic E-state index is 14.2. The molecule has 3 N–H and O–H groups in total. The van der Waals surface area contributed by atoms with Crippen LogP contribution in [0.15, 0.2) is 107 Å². The fourth-order valence-electron chi connectivity index (χ4n) is 5.90. The molecule has 6 aromatic rings. The number of primary sulfonamides is 1. The second-order valence-corrected chi connectivity index (χ2v) is 17.2. The number of hydrogen-bond donors (Lipinski definition) is 2. The van der Waals surface area contributed by atoms with Gasteiger partial charge in [-0.15, -0.1) is 0 Å². The minimum Gasteiger partial charge on any atom is -0.497 e. The van der Waals surface area contributed by atoms with E-state index in [0.717, 1.165) is 11.7 Å². The minimum atomic E-state index is -4.81. The first kappa shape index (κ1) is 46.0. The molecular formula is C38H35Cl2F6N7O5S2. The second-order valence-electron chi connectivity index (χ2n) is 13.1. The van der Waals surface area contributed by atoms with Gasteiger partial charge in [0.1, 0.15) is 11.4 Å². The lowest BCUT2D eigenvalue weighted by atomic mass is 9.98. The molecule has 0 saturated carbocycles. The summed E-state index contributed by atoms with van der Waals surface area (Å²) in [6, 6.07) is 22.6. The van der Waals surface area contributed by atoms with Gasteiger partial charge < -0.3 is 9.64 Å². The van der Waals surface area contributed by atoms with Gasteiger partial charge in [0.05, 0.1) is 34.0 Å². The van der Waals surface area contributed by atoms with Gasteiger partial charge in [-0.2, -0.15) is 36.5 Å². The minimum absolute atomic E-state index is 0.0141. The van der Waals surface area contributed by atoms with Gasteiger partial charge in [-0.3, -0.25) is 14.1 Å². The monoisotopic (exact) mass is 917 g/mol. The number of anilines is 1. The van der Waals surface area contributed by atoms with Gasteiger partial charge in [-0.05, 0) is 68.2 Å². The Balaban J connectivity index is 0.000000230. The Morgan fingerprint density at radius 2 is 1.35 bits per heavy atom. The van der Waals surface area contributed by atoms with Crippen molar-refractivity contribution >= 4 is 49.1 Å². The van der Waals surface area contributed by atoms with Crippen LogP contribution >= 0.6 is 23.2 Å². The maximum Gasteiger partial charge on any atom is 0.433 e. The molecule has 60 heavy (non-hydrogen) atoms. The molecule has 0 bridgehead atoms. The van der Waals surface area contributed by atoms with Gasteiger partial charge in [0.15, 0.2) is 17.2 Å². The van der Waals surface area contributed by atoms with Crippen molar-refractivity contribution in [2.24, 2.45) is 12.2 Å². The first-order valence-corrected chi connectivity index (χ1v) is 21.0. The van der Waals surface area contributed by atoms with Crippen LogP contribution < -0.4 is 14.6 Å². The van der Waals surface area contributed by atoms with Gasteiger partial charge in [0.25, 0.3) is 10.0 Å².